The van der Waals surface area contributed by atoms with Crippen LogP contribution in [0.5, 0.6) is 0 Å². The molecule has 0 amide bonds. The van der Waals surface area contributed by atoms with Crippen molar-refractivity contribution in [1.29, 1.82) is 0 Å². The molecule has 0 aliphatic rings. The minimum absolute atomic E-state index is 0.0134. The second-order valence-corrected chi connectivity index (χ2v) is 6.24. The zero-order chi connectivity index (χ0) is 16.7. The number of carbonyl (C=O) groups excluding carboxylic acids is 1. The lowest BCUT2D eigenvalue weighted by Gasteiger charge is -2.05. The number of halogens is 1. The lowest BCUT2D eigenvalue weighted by atomic mass is 10.2. The lowest BCUT2D eigenvalue weighted by molar-refractivity contribution is -0.384. The van der Waals surface area contributed by atoms with Crippen LogP contribution in [0.25, 0.3) is 0 Å². The molecular weight excluding hydrogens is 338 g/mol. The molecule has 0 atom stereocenters. The molecule has 0 radical (unpaired) electrons. The summed E-state index contributed by atoms with van der Waals surface area (Å²) in [5.74, 6) is 0.311. The Morgan fingerprint density at radius 3 is 2.39 bits per heavy atom. The number of ether oxygens (including phenoxy) is 1. The van der Waals surface area contributed by atoms with E-state index in [4.69, 9.17) is 16.3 Å². The van der Waals surface area contributed by atoms with E-state index in [1.807, 2.05) is 12.1 Å². The minimum atomic E-state index is -0.468. The van der Waals surface area contributed by atoms with Gasteiger partial charge < -0.3 is 4.74 Å². The quantitative estimate of drug-likeness (QED) is 0.318. The van der Waals surface area contributed by atoms with Crippen LogP contribution in [-0.2, 0) is 16.1 Å². The molecule has 0 saturated heterocycles. The van der Waals surface area contributed by atoms with E-state index in [0.717, 1.165) is 4.90 Å². The van der Waals surface area contributed by atoms with E-state index in [0.29, 0.717) is 22.8 Å². The lowest BCUT2D eigenvalue weighted by Crippen LogP contribution is -2.05. The van der Waals surface area contributed by atoms with Crippen molar-refractivity contribution < 1.29 is 14.5 Å². The van der Waals surface area contributed by atoms with Crippen LogP contribution in [0.2, 0.25) is 5.02 Å². The minimum Gasteiger partial charge on any atom is -0.461 e. The molecule has 0 aliphatic heterocycles. The summed E-state index contributed by atoms with van der Waals surface area (Å²) in [6.07, 6.45) is 0.292. The molecule has 2 rings (SSSR count). The van der Waals surface area contributed by atoms with Gasteiger partial charge in [-0.15, -0.1) is 11.8 Å². The van der Waals surface area contributed by atoms with Crippen LogP contribution in [0.1, 0.15) is 12.0 Å². The number of thioether (sulfide) groups is 1. The molecule has 23 heavy (non-hydrogen) atoms. The molecule has 5 nitrogen and oxygen atoms in total. The van der Waals surface area contributed by atoms with Crippen LogP contribution in [0.4, 0.5) is 5.69 Å². The second-order valence-electron chi connectivity index (χ2n) is 4.64. The molecule has 0 heterocycles. The van der Waals surface area contributed by atoms with Crippen molar-refractivity contribution in [3.63, 3.8) is 0 Å². The molecule has 0 N–H and O–H groups in total. The van der Waals surface area contributed by atoms with Crippen molar-refractivity contribution in [3.05, 3.63) is 69.2 Å². The first kappa shape index (κ1) is 17.3. The SMILES string of the molecule is O=C(CCSc1ccc(Cl)cc1)OCc1ccc([N+](=O)[O-])cc1. The van der Waals surface area contributed by atoms with Gasteiger partial charge in [-0.3, -0.25) is 14.9 Å². The average Bonchev–Trinajstić information content (AvgIpc) is 2.55. The van der Waals surface area contributed by atoms with Crippen molar-refractivity contribution in [1.82, 2.24) is 0 Å². The fourth-order valence-corrected chi connectivity index (χ4v) is 2.69. The third kappa shape index (κ3) is 5.92. The molecule has 2 aromatic rings. The van der Waals surface area contributed by atoms with E-state index >= 15 is 0 Å². The normalized spacial score (nSPS) is 10.3. The summed E-state index contributed by atoms with van der Waals surface area (Å²) in [5, 5.41) is 11.2. The van der Waals surface area contributed by atoms with E-state index in [-0.39, 0.29) is 18.3 Å². The van der Waals surface area contributed by atoms with Gasteiger partial charge in [0.2, 0.25) is 0 Å². The van der Waals surface area contributed by atoms with Crippen LogP contribution in [0.15, 0.2) is 53.4 Å². The maximum atomic E-state index is 11.7. The van der Waals surface area contributed by atoms with Gasteiger partial charge in [-0.05, 0) is 42.0 Å². The number of non-ortho nitro benzene ring substituents is 1. The number of hydrogen-bond donors (Lipinski definition) is 0. The molecule has 0 unspecified atom stereocenters. The topological polar surface area (TPSA) is 69.4 Å². The Hall–Kier alpha value is -2.05. The highest BCUT2D eigenvalue weighted by atomic mass is 35.5. The number of carbonyl (C=O) groups is 1. The number of benzene rings is 2. The number of nitro groups is 1. The molecule has 7 heteroatoms. The smallest absolute Gasteiger partial charge is 0.306 e. The Balaban J connectivity index is 1.70. The Kier molecular flexibility index (Phi) is 6.43. The second kappa shape index (κ2) is 8.55. The van der Waals surface area contributed by atoms with Crippen molar-refractivity contribution >= 4 is 35.0 Å². The highest BCUT2D eigenvalue weighted by molar-refractivity contribution is 7.99. The van der Waals surface area contributed by atoms with Crippen LogP contribution in [0.3, 0.4) is 0 Å². The van der Waals surface area contributed by atoms with Crippen molar-refractivity contribution in [2.24, 2.45) is 0 Å². The fraction of sp³-hybridized carbons (Fsp3) is 0.188. The Labute approximate surface area is 142 Å². The molecule has 0 aliphatic carbocycles. The Morgan fingerprint density at radius 2 is 1.78 bits per heavy atom. The van der Waals surface area contributed by atoms with Gasteiger partial charge in [0.25, 0.3) is 5.69 Å². The van der Waals surface area contributed by atoms with E-state index < -0.39 is 4.92 Å². The summed E-state index contributed by atoms with van der Waals surface area (Å²) in [6, 6.07) is 13.3. The van der Waals surface area contributed by atoms with Crippen LogP contribution in [-0.4, -0.2) is 16.6 Å². The third-order valence-corrected chi connectivity index (χ3v) is 4.20. The van der Waals surface area contributed by atoms with Crippen LogP contribution >= 0.6 is 23.4 Å². The average molecular weight is 352 g/mol. The molecule has 0 aromatic heterocycles. The van der Waals surface area contributed by atoms with Gasteiger partial charge in [0, 0.05) is 27.8 Å². The van der Waals surface area contributed by atoms with E-state index in [1.165, 1.54) is 12.1 Å². The first-order valence-corrected chi connectivity index (χ1v) is 8.18. The van der Waals surface area contributed by atoms with Gasteiger partial charge in [-0.25, -0.2) is 0 Å². The predicted octanol–water partition coefficient (Wildman–Crippen LogP) is 4.47. The van der Waals surface area contributed by atoms with Gasteiger partial charge in [-0.2, -0.15) is 0 Å². The van der Waals surface area contributed by atoms with Crippen molar-refractivity contribution in [2.45, 2.75) is 17.9 Å². The standard InChI is InChI=1S/C16H14ClNO4S/c17-13-3-7-15(8-4-13)23-10-9-16(19)22-11-12-1-5-14(6-2-12)18(20)21/h1-8H,9-11H2. The molecule has 0 spiro atoms. The molecule has 0 saturated carbocycles. The van der Waals surface area contributed by atoms with Gasteiger partial charge in [0.15, 0.2) is 0 Å². The van der Waals surface area contributed by atoms with Gasteiger partial charge >= 0.3 is 5.97 Å². The summed E-state index contributed by atoms with van der Waals surface area (Å²) in [6.45, 7) is 0.114. The predicted molar refractivity (Wildman–Crippen MR) is 89.7 cm³/mol. The Morgan fingerprint density at radius 1 is 1.13 bits per heavy atom. The van der Waals surface area contributed by atoms with Gasteiger partial charge in [0.1, 0.15) is 6.61 Å². The highest BCUT2D eigenvalue weighted by Gasteiger charge is 2.07. The van der Waals surface area contributed by atoms with E-state index in [2.05, 4.69) is 0 Å². The monoisotopic (exact) mass is 351 g/mol. The first-order chi connectivity index (χ1) is 11.0. The number of hydrogen-bond acceptors (Lipinski definition) is 5. The maximum absolute atomic E-state index is 11.7. The summed E-state index contributed by atoms with van der Waals surface area (Å²) >= 11 is 7.35. The third-order valence-electron chi connectivity index (χ3n) is 2.94. The number of esters is 1. The fourth-order valence-electron chi connectivity index (χ4n) is 1.73. The van der Waals surface area contributed by atoms with Gasteiger partial charge in [0.05, 0.1) is 11.3 Å². The molecule has 120 valence electrons. The summed E-state index contributed by atoms with van der Waals surface area (Å²) in [7, 11) is 0. The van der Waals surface area contributed by atoms with Gasteiger partial charge in [-0.1, -0.05) is 11.6 Å². The molecule has 0 fully saturated rings. The van der Waals surface area contributed by atoms with Crippen LogP contribution in [0, 0.1) is 10.1 Å². The highest BCUT2D eigenvalue weighted by Crippen LogP contribution is 2.21. The summed E-state index contributed by atoms with van der Waals surface area (Å²) in [4.78, 5) is 22.8. The van der Waals surface area contributed by atoms with Crippen molar-refractivity contribution in [3.8, 4) is 0 Å². The number of nitrogens with zero attached hydrogens (tertiary/aromatic N) is 1. The van der Waals surface area contributed by atoms with E-state index in [1.54, 1.807) is 36.0 Å². The molecule has 2 aromatic carbocycles. The number of nitro benzene ring substituents is 1. The summed E-state index contributed by atoms with van der Waals surface area (Å²) in [5.41, 5.74) is 0.730. The maximum Gasteiger partial charge on any atom is 0.306 e. The largest absolute Gasteiger partial charge is 0.461 e. The first-order valence-electron chi connectivity index (χ1n) is 6.82. The zero-order valence-electron chi connectivity index (χ0n) is 12.1. The number of rotatable bonds is 7. The zero-order valence-corrected chi connectivity index (χ0v) is 13.7. The van der Waals surface area contributed by atoms with Crippen molar-refractivity contribution in [2.75, 3.05) is 5.75 Å². The van der Waals surface area contributed by atoms with E-state index in [9.17, 15) is 14.9 Å². The van der Waals surface area contributed by atoms with Crippen LogP contribution < -0.4 is 0 Å². The Bertz CT molecular complexity index is 673. The molecular formula is C16H14ClNO4S. The summed E-state index contributed by atoms with van der Waals surface area (Å²) < 4.78 is 5.14. The molecule has 0 bridgehead atoms.